The number of amides is 1. The number of hydrogen-bond donors (Lipinski definition) is 3. The number of carboxylic acids is 1. The zero-order valence-corrected chi connectivity index (χ0v) is 29.7. The molecule has 0 unspecified atom stereocenters. The molecule has 51 heavy (non-hydrogen) atoms. The largest absolute Gasteiger partial charge is 0.480 e. The van der Waals surface area contributed by atoms with Crippen LogP contribution in [0, 0.1) is 0 Å². The number of rotatable bonds is 15. The van der Waals surface area contributed by atoms with Crippen molar-refractivity contribution in [1.29, 1.82) is 0 Å². The van der Waals surface area contributed by atoms with E-state index in [0.717, 1.165) is 33.4 Å². The summed E-state index contributed by atoms with van der Waals surface area (Å²) in [6, 6.07) is 58.7. The summed E-state index contributed by atoms with van der Waals surface area (Å²) in [6.45, 7) is 0. The van der Waals surface area contributed by atoms with Gasteiger partial charge in [-0.05, 0) is 33.4 Å². The van der Waals surface area contributed by atoms with E-state index in [2.05, 4.69) is 78.1 Å². The van der Waals surface area contributed by atoms with Crippen LogP contribution in [-0.4, -0.2) is 40.6 Å². The van der Waals surface area contributed by atoms with Crippen LogP contribution in [0.2, 0.25) is 0 Å². The number of carbonyl (C=O) groups excluding carboxylic acids is 1. The van der Waals surface area contributed by atoms with Crippen LogP contribution >= 0.6 is 23.5 Å². The predicted molar refractivity (Wildman–Crippen MR) is 211 cm³/mol. The quantitative estimate of drug-likeness (QED) is 0.0930. The van der Waals surface area contributed by atoms with Crippen LogP contribution in [0.3, 0.4) is 0 Å². The maximum atomic E-state index is 13.8. The number of thioether (sulfide) groups is 2. The summed E-state index contributed by atoms with van der Waals surface area (Å²) in [6.07, 6.45) is 0. The minimum atomic E-state index is -1.18. The van der Waals surface area contributed by atoms with Crippen molar-refractivity contribution in [3.63, 3.8) is 0 Å². The average Bonchev–Trinajstić information content (AvgIpc) is 3.20. The van der Waals surface area contributed by atoms with Gasteiger partial charge in [-0.2, -0.15) is 0 Å². The molecule has 0 bridgehead atoms. The first-order valence-corrected chi connectivity index (χ1v) is 18.8. The standard InChI is InChI=1S/C44H40N2O3S2/c45-39(31-50-43(33-19-7-1-8-20-33,34-21-9-2-10-22-34)35-23-11-3-12-24-35)41(47)46-40(42(48)49)32-51-44(36-25-13-4-14-26-36,37-27-15-5-16-28-37)38-29-17-6-18-30-38/h1-30,39-40H,31-32,45H2,(H,46,47)(H,48,49)/t39-,40-/m1/s1. The first-order valence-electron chi connectivity index (χ1n) is 16.8. The molecule has 0 aliphatic heterocycles. The summed E-state index contributed by atoms with van der Waals surface area (Å²) < 4.78 is -1.40. The minimum Gasteiger partial charge on any atom is -0.480 e. The topological polar surface area (TPSA) is 92.4 Å². The minimum absolute atomic E-state index is 0.0988. The number of nitrogens with one attached hydrogen (secondary N) is 1. The monoisotopic (exact) mass is 708 g/mol. The van der Waals surface area contributed by atoms with Crippen molar-refractivity contribution in [3.05, 3.63) is 215 Å². The first-order chi connectivity index (χ1) is 24.9. The molecule has 0 saturated carbocycles. The number of benzene rings is 6. The summed E-state index contributed by atoms with van der Waals surface area (Å²) >= 11 is 3.06. The third-order valence-corrected chi connectivity index (χ3v) is 12.3. The first kappa shape index (κ1) is 35.7. The molecule has 6 aromatic rings. The lowest BCUT2D eigenvalue weighted by Gasteiger charge is -2.36. The van der Waals surface area contributed by atoms with Gasteiger partial charge in [0.15, 0.2) is 0 Å². The van der Waals surface area contributed by atoms with Gasteiger partial charge < -0.3 is 16.2 Å². The Morgan fingerprint density at radius 3 is 1.00 bits per heavy atom. The summed E-state index contributed by atoms with van der Waals surface area (Å²) in [5, 5.41) is 13.2. The molecule has 0 radical (unpaired) electrons. The fourth-order valence-electron chi connectivity index (χ4n) is 6.49. The second kappa shape index (κ2) is 16.8. The maximum absolute atomic E-state index is 13.8. The molecule has 0 spiro atoms. The molecule has 4 N–H and O–H groups in total. The maximum Gasteiger partial charge on any atom is 0.327 e. The van der Waals surface area contributed by atoms with Gasteiger partial charge in [0.05, 0.1) is 15.5 Å². The Labute approximate surface area is 308 Å². The lowest BCUT2D eigenvalue weighted by molar-refractivity contribution is -0.141. The van der Waals surface area contributed by atoms with Gasteiger partial charge in [-0.1, -0.05) is 182 Å². The highest BCUT2D eigenvalue weighted by molar-refractivity contribution is 8.01. The van der Waals surface area contributed by atoms with Crippen molar-refractivity contribution < 1.29 is 14.7 Å². The van der Waals surface area contributed by atoms with E-state index >= 15 is 0 Å². The Bertz CT molecular complexity index is 1790. The fraction of sp³-hybridized carbons (Fsp3) is 0.136. The van der Waals surface area contributed by atoms with Crippen molar-refractivity contribution >= 4 is 35.4 Å². The fourth-order valence-corrected chi connectivity index (χ4v) is 9.53. The normalized spacial score (nSPS) is 12.8. The second-order valence-corrected chi connectivity index (χ2v) is 14.7. The molecule has 0 aliphatic rings. The lowest BCUT2D eigenvalue weighted by atomic mass is 9.84. The highest BCUT2D eigenvalue weighted by atomic mass is 32.2. The van der Waals surface area contributed by atoms with Crippen molar-refractivity contribution in [3.8, 4) is 0 Å². The van der Waals surface area contributed by atoms with Crippen LogP contribution < -0.4 is 11.1 Å². The molecule has 256 valence electrons. The molecule has 6 aromatic carbocycles. The number of nitrogens with two attached hydrogens (primary N) is 1. The predicted octanol–water partition coefficient (Wildman–Crippen LogP) is 8.33. The SMILES string of the molecule is N[C@H](CSC(c1ccccc1)(c1ccccc1)c1ccccc1)C(=O)N[C@H](CSC(c1ccccc1)(c1ccccc1)c1ccccc1)C(=O)O. The van der Waals surface area contributed by atoms with Crippen LogP contribution in [0.15, 0.2) is 182 Å². The summed E-state index contributed by atoms with van der Waals surface area (Å²) in [5.41, 5.74) is 12.8. The summed E-state index contributed by atoms with van der Waals surface area (Å²) in [4.78, 5) is 26.6. The molecule has 0 aromatic heterocycles. The zero-order valence-electron chi connectivity index (χ0n) is 28.0. The molecule has 7 heteroatoms. The number of carboxylic acid groups (broad SMARTS) is 1. The Morgan fingerprint density at radius 2 is 0.745 bits per heavy atom. The van der Waals surface area contributed by atoms with E-state index in [4.69, 9.17) is 5.73 Å². The van der Waals surface area contributed by atoms with Gasteiger partial charge in [0.2, 0.25) is 5.91 Å². The molecule has 1 amide bonds. The highest BCUT2D eigenvalue weighted by Crippen LogP contribution is 2.50. The van der Waals surface area contributed by atoms with Gasteiger partial charge in [0.1, 0.15) is 6.04 Å². The van der Waals surface area contributed by atoms with Crippen LogP contribution in [0.1, 0.15) is 33.4 Å². The van der Waals surface area contributed by atoms with E-state index in [1.165, 1.54) is 11.8 Å². The number of carbonyl (C=O) groups is 2. The Balaban J connectivity index is 1.27. The van der Waals surface area contributed by atoms with Crippen molar-refractivity contribution in [2.24, 2.45) is 5.73 Å². The van der Waals surface area contributed by atoms with Crippen LogP contribution in [0.5, 0.6) is 0 Å². The third kappa shape index (κ3) is 7.81. The average molecular weight is 709 g/mol. The molecule has 5 nitrogen and oxygen atoms in total. The molecule has 0 fully saturated rings. The van der Waals surface area contributed by atoms with E-state index in [1.54, 1.807) is 11.8 Å². The number of aliphatic carboxylic acids is 1. The van der Waals surface area contributed by atoms with Crippen molar-refractivity contribution in [2.45, 2.75) is 21.6 Å². The van der Waals surface area contributed by atoms with Gasteiger partial charge in [-0.3, -0.25) is 4.79 Å². The second-order valence-electron chi connectivity index (χ2n) is 12.2. The highest BCUT2D eigenvalue weighted by Gasteiger charge is 2.40. The molecule has 0 heterocycles. The van der Waals surface area contributed by atoms with Gasteiger partial charge in [0.25, 0.3) is 0 Å². The molecular formula is C44H40N2O3S2. The van der Waals surface area contributed by atoms with Gasteiger partial charge in [0, 0.05) is 11.5 Å². The summed E-state index contributed by atoms with van der Waals surface area (Å²) in [5.74, 6) is -1.29. The molecule has 6 rings (SSSR count). The van der Waals surface area contributed by atoms with Gasteiger partial charge >= 0.3 is 5.97 Å². The van der Waals surface area contributed by atoms with E-state index < -0.39 is 33.5 Å². The molecule has 0 saturated heterocycles. The molecule has 0 aliphatic carbocycles. The van der Waals surface area contributed by atoms with Gasteiger partial charge in [-0.25, -0.2) is 4.79 Å². The van der Waals surface area contributed by atoms with Crippen LogP contribution in [0.25, 0.3) is 0 Å². The zero-order chi connectivity index (χ0) is 35.5. The summed E-state index contributed by atoms with van der Waals surface area (Å²) in [7, 11) is 0. The van der Waals surface area contributed by atoms with E-state index in [0.29, 0.717) is 0 Å². The van der Waals surface area contributed by atoms with Crippen molar-refractivity contribution in [2.75, 3.05) is 11.5 Å². The van der Waals surface area contributed by atoms with E-state index in [1.807, 2.05) is 109 Å². The Hall–Kier alpha value is -5.08. The van der Waals surface area contributed by atoms with Crippen LogP contribution in [-0.2, 0) is 19.1 Å². The smallest absolute Gasteiger partial charge is 0.327 e. The molecular weight excluding hydrogens is 669 g/mol. The van der Waals surface area contributed by atoms with Crippen molar-refractivity contribution in [1.82, 2.24) is 5.32 Å². The lowest BCUT2D eigenvalue weighted by Crippen LogP contribution is -2.51. The Kier molecular flexibility index (Phi) is 11.7. The third-order valence-electron chi connectivity index (χ3n) is 8.98. The van der Waals surface area contributed by atoms with E-state index in [9.17, 15) is 14.7 Å². The molecule has 2 atom stereocenters. The van der Waals surface area contributed by atoms with E-state index in [-0.39, 0.29) is 11.5 Å². The van der Waals surface area contributed by atoms with Gasteiger partial charge in [-0.15, -0.1) is 23.5 Å². The Morgan fingerprint density at radius 1 is 0.490 bits per heavy atom. The van der Waals surface area contributed by atoms with Crippen LogP contribution in [0.4, 0.5) is 0 Å². The number of hydrogen-bond acceptors (Lipinski definition) is 5.